The second-order valence-electron chi connectivity index (χ2n) is 9.33. The predicted molar refractivity (Wildman–Crippen MR) is 137 cm³/mol. The van der Waals surface area contributed by atoms with Gasteiger partial charge in [0.1, 0.15) is 18.8 Å². The molecule has 0 saturated carbocycles. The smallest absolute Gasteiger partial charge is 0.303 e. The Morgan fingerprint density at radius 1 is 0.659 bits per heavy atom. The van der Waals surface area contributed by atoms with E-state index in [9.17, 15) is 43.5 Å². The van der Waals surface area contributed by atoms with Gasteiger partial charge >= 0.3 is 41.8 Å². The summed E-state index contributed by atoms with van der Waals surface area (Å²) in [4.78, 5) is 94.2. The van der Waals surface area contributed by atoms with Crippen LogP contribution in [0.15, 0.2) is 0 Å². The van der Waals surface area contributed by atoms with Gasteiger partial charge in [-0.25, -0.2) is 0 Å². The molecule has 1 saturated heterocycles. The number of hydrogen-bond donors (Lipinski definition) is 1. The fraction of sp³-hybridized carbons (Fsp3) is 0.692. The van der Waals surface area contributed by atoms with Gasteiger partial charge in [-0.1, -0.05) is 0 Å². The van der Waals surface area contributed by atoms with Crippen LogP contribution >= 0.6 is 0 Å². The first kappa shape index (κ1) is 37.9. The molecule has 9 atom stereocenters. The number of esters is 7. The highest BCUT2D eigenvalue weighted by Crippen LogP contribution is 2.30. The van der Waals surface area contributed by atoms with Crippen LogP contribution in [0.4, 0.5) is 0 Å². The molecule has 0 aromatic heterocycles. The van der Waals surface area contributed by atoms with Gasteiger partial charge in [0.15, 0.2) is 49.2 Å². The number of ether oxygens (including phenoxy) is 9. The lowest BCUT2D eigenvalue weighted by Gasteiger charge is -2.44. The molecule has 1 heterocycles. The number of carbonyl (C=O) groups excluding carboxylic acids is 8. The van der Waals surface area contributed by atoms with Crippen molar-refractivity contribution in [1.82, 2.24) is 0 Å². The van der Waals surface area contributed by atoms with E-state index in [1.54, 1.807) is 0 Å². The van der Waals surface area contributed by atoms with Crippen LogP contribution in [0.3, 0.4) is 0 Å². The third kappa shape index (κ3) is 12.6. The summed E-state index contributed by atoms with van der Waals surface area (Å²) >= 11 is 0. The molecular formula is C26H36O18. The molecule has 0 spiro atoms. The van der Waals surface area contributed by atoms with Crippen molar-refractivity contribution in [3.05, 3.63) is 0 Å². The summed E-state index contributed by atoms with van der Waals surface area (Å²) in [6.07, 6.45) is -15.3. The minimum Gasteiger partial charge on any atom is -0.463 e. The summed E-state index contributed by atoms with van der Waals surface area (Å²) in [6.45, 7) is 5.51. The number of hydrogen-bond acceptors (Lipinski definition) is 18. The van der Waals surface area contributed by atoms with Crippen LogP contribution in [0.5, 0.6) is 0 Å². The van der Waals surface area contributed by atoms with Crippen molar-refractivity contribution in [2.75, 3.05) is 13.2 Å². The van der Waals surface area contributed by atoms with Gasteiger partial charge in [-0.2, -0.15) is 0 Å². The average molecular weight is 637 g/mol. The topological polar surface area (TPSA) is 240 Å². The lowest BCUT2D eigenvalue weighted by Crippen LogP contribution is -2.63. The molecule has 44 heavy (non-hydrogen) atoms. The molecule has 248 valence electrons. The highest BCUT2D eigenvalue weighted by atomic mass is 16.7. The summed E-state index contributed by atoms with van der Waals surface area (Å²) in [5.74, 6) is -6.42. The highest BCUT2D eigenvalue weighted by Gasteiger charge is 2.53. The van der Waals surface area contributed by atoms with Crippen LogP contribution in [0.25, 0.3) is 0 Å². The number of carbonyl (C=O) groups is 8. The second-order valence-corrected chi connectivity index (χ2v) is 9.33. The molecule has 0 aromatic carbocycles. The Hall–Kier alpha value is -4.16. The molecule has 1 N–H and O–H groups in total. The summed E-state index contributed by atoms with van der Waals surface area (Å²) in [6, 6.07) is 0. The number of rotatable bonds is 15. The molecule has 0 aromatic rings. The minimum atomic E-state index is -1.95. The van der Waals surface area contributed by atoms with Gasteiger partial charge in [0.2, 0.25) is 0 Å². The SMILES string of the molecule is CC(=O)OC[C@H]1O[C@H](OC[C@@H](O)[C@@H](OC(C)=O)[C@H](OC(C)=O)[C@H](C=O)OC(C)=O)[C@H](OC(C)=O)[C@@H](OC(C)=O)[C@H]1OC(C)=O. The lowest BCUT2D eigenvalue weighted by molar-refractivity contribution is -0.313. The summed E-state index contributed by atoms with van der Waals surface area (Å²) in [5.41, 5.74) is 0. The van der Waals surface area contributed by atoms with Crippen molar-refractivity contribution >= 4 is 48.1 Å². The fourth-order valence-electron chi connectivity index (χ4n) is 4.04. The molecule has 1 rings (SSSR count). The Kier molecular flexibility index (Phi) is 15.3. The van der Waals surface area contributed by atoms with Crippen molar-refractivity contribution in [2.24, 2.45) is 0 Å². The number of aliphatic hydroxyl groups excluding tert-OH is 1. The third-order valence-electron chi connectivity index (χ3n) is 5.45. The van der Waals surface area contributed by atoms with Gasteiger partial charge in [0.05, 0.1) is 6.61 Å². The molecule has 1 aliphatic rings. The molecular weight excluding hydrogens is 600 g/mol. The van der Waals surface area contributed by atoms with Crippen molar-refractivity contribution < 1.29 is 86.1 Å². The van der Waals surface area contributed by atoms with Crippen LogP contribution in [0, 0.1) is 0 Å². The number of aldehydes is 1. The summed E-state index contributed by atoms with van der Waals surface area (Å²) in [7, 11) is 0. The molecule has 0 unspecified atom stereocenters. The van der Waals surface area contributed by atoms with Gasteiger partial charge in [0, 0.05) is 48.5 Å². The molecule has 0 bridgehead atoms. The van der Waals surface area contributed by atoms with E-state index < -0.39 is 110 Å². The molecule has 1 fully saturated rings. The fourth-order valence-corrected chi connectivity index (χ4v) is 4.04. The standard InChI is InChI=1S/C26H36O18/c1-11(28)36-10-20-23(41-15(5)32)24(42-16(6)33)25(43-17(7)34)26(44-20)37-9-18(35)21(39-13(3)30)22(40-14(4)31)19(8-27)38-12(2)29/h8,18-26,35H,9-10H2,1-7H3/t18-,19+,20-,21-,22-,23+,24+,25-,26+/m1/s1. The van der Waals surface area contributed by atoms with E-state index in [0.29, 0.717) is 0 Å². The Bertz CT molecular complexity index is 1070. The van der Waals surface area contributed by atoms with Gasteiger partial charge in [-0.15, -0.1) is 0 Å². The maximum absolute atomic E-state index is 12.0. The zero-order valence-electron chi connectivity index (χ0n) is 25.1. The highest BCUT2D eigenvalue weighted by molar-refractivity contribution is 5.72. The van der Waals surface area contributed by atoms with E-state index in [1.807, 2.05) is 0 Å². The largest absolute Gasteiger partial charge is 0.463 e. The first-order chi connectivity index (χ1) is 20.5. The predicted octanol–water partition coefficient (Wildman–Crippen LogP) is -1.56. The van der Waals surface area contributed by atoms with E-state index in [4.69, 9.17) is 42.6 Å². The zero-order valence-corrected chi connectivity index (χ0v) is 25.1. The van der Waals surface area contributed by atoms with Crippen molar-refractivity contribution in [3.8, 4) is 0 Å². The third-order valence-corrected chi connectivity index (χ3v) is 5.45. The minimum absolute atomic E-state index is 0.0819. The van der Waals surface area contributed by atoms with Crippen molar-refractivity contribution in [3.63, 3.8) is 0 Å². The maximum atomic E-state index is 12.0. The molecule has 1 aliphatic heterocycles. The van der Waals surface area contributed by atoms with Crippen LogP contribution in [0.1, 0.15) is 48.5 Å². The monoisotopic (exact) mass is 636 g/mol. The van der Waals surface area contributed by atoms with Gasteiger partial charge in [-0.3, -0.25) is 38.4 Å². The van der Waals surface area contributed by atoms with Crippen LogP contribution in [-0.4, -0.2) is 122 Å². The van der Waals surface area contributed by atoms with Gasteiger partial charge in [-0.05, 0) is 0 Å². The van der Waals surface area contributed by atoms with Crippen LogP contribution in [-0.2, 0) is 81.0 Å². The van der Waals surface area contributed by atoms with E-state index >= 15 is 0 Å². The quantitative estimate of drug-likeness (QED) is 0.121. The van der Waals surface area contributed by atoms with E-state index in [1.165, 1.54) is 0 Å². The molecule has 0 radical (unpaired) electrons. The average Bonchev–Trinajstić information content (AvgIpc) is 2.88. The Morgan fingerprint density at radius 3 is 1.59 bits per heavy atom. The number of aliphatic hydroxyl groups is 1. The van der Waals surface area contributed by atoms with Gasteiger partial charge in [0.25, 0.3) is 0 Å². The zero-order chi connectivity index (χ0) is 33.7. The van der Waals surface area contributed by atoms with Crippen LogP contribution in [0.2, 0.25) is 0 Å². The van der Waals surface area contributed by atoms with Gasteiger partial charge < -0.3 is 47.7 Å². The normalized spacial score (nSPS) is 23.8. The molecule has 0 aliphatic carbocycles. The summed E-state index contributed by atoms with van der Waals surface area (Å²) < 4.78 is 47.1. The second kappa shape index (κ2) is 17.8. The maximum Gasteiger partial charge on any atom is 0.303 e. The Morgan fingerprint density at radius 2 is 1.14 bits per heavy atom. The lowest BCUT2D eigenvalue weighted by atomic mass is 9.98. The molecule has 18 nitrogen and oxygen atoms in total. The Balaban J connectivity index is 3.49. The molecule has 0 amide bonds. The Labute approximate surface area is 251 Å². The van der Waals surface area contributed by atoms with E-state index in [0.717, 1.165) is 48.5 Å². The first-order valence-corrected chi connectivity index (χ1v) is 13.0. The van der Waals surface area contributed by atoms with E-state index in [2.05, 4.69) is 0 Å². The first-order valence-electron chi connectivity index (χ1n) is 13.0. The van der Waals surface area contributed by atoms with Crippen molar-refractivity contribution in [1.29, 1.82) is 0 Å². The molecule has 18 heteroatoms. The summed E-state index contributed by atoms with van der Waals surface area (Å²) in [5, 5.41) is 11.0. The van der Waals surface area contributed by atoms with Crippen LogP contribution < -0.4 is 0 Å². The van der Waals surface area contributed by atoms with E-state index in [-0.39, 0.29) is 6.29 Å². The van der Waals surface area contributed by atoms with Crippen molar-refractivity contribution in [2.45, 2.75) is 104 Å².